The van der Waals surface area contributed by atoms with Gasteiger partial charge in [-0.15, -0.1) is 0 Å². The molecule has 72 valence electrons. The van der Waals surface area contributed by atoms with Gasteiger partial charge in [0.15, 0.2) is 0 Å². The smallest absolute Gasteiger partial charge is 0.240 e. The third-order valence-electron chi connectivity index (χ3n) is 2.55. The maximum absolute atomic E-state index is 5.60. The molecule has 0 amide bonds. The van der Waals surface area contributed by atoms with Crippen molar-refractivity contribution < 1.29 is 4.74 Å². The van der Waals surface area contributed by atoms with E-state index < -0.39 is 0 Å². The van der Waals surface area contributed by atoms with E-state index in [1.165, 1.54) is 0 Å². The lowest BCUT2D eigenvalue weighted by molar-refractivity contribution is 0.173. The topological polar surface area (TPSA) is 78.8 Å². The molecule has 0 spiro atoms. The van der Waals surface area contributed by atoms with E-state index in [4.69, 9.17) is 10.5 Å². The van der Waals surface area contributed by atoms with Gasteiger partial charge in [-0.05, 0) is 23.8 Å². The van der Waals surface area contributed by atoms with Crippen LogP contribution in [0.4, 0.5) is 5.95 Å². The Kier molecular flexibility index (Phi) is 2.13. The molecule has 6 nitrogen and oxygen atoms in total. The molecule has 1 aliphatic rings. The summed E-state index contributed by atoms with van der Waals surface area (Å²) in [4.78, 5) is 0. The molecule has 2 N–H and O–H groups in total. The minimum absolute atomic E-state index is 0.220. The molecule has 0 saturated carbocycles. The van der Waals surface area contributed by atoms with E-state index in [-0.39, 0.29) is 6.04 Å². The van der Waals surface area contributed by atoms with E-state index in [2.05, 4.69) is 22.4 Å². The molecule has 0 aromatic carbocycles. The van der Waals surface area contributed by atoms with E-state index in [1.54, 1.807) is 4.68 Å². The molecule has 13 heavy (non-hydrogen) atoms. The van der Waals surface area contributed by atoms with Crippen LogP contribution in [0.3, 0.4) is 0 Å². The molecule has 2 heterocycles. The number of rotatable bonds is 2. The highest BCUT2D eigenvalue weighted by atomic mass is 16.5. The predicted molar refractivity (Wildman–Crippen MR) is 45.9 cm³/mol. The largest absolute Gasteiger partial charge is 0.381 e. The molecule has 0 aliphatic carbocycles. The zero-order valence-electron chi connectivity index (χ0n) is 7.55. The summed E-state index contributed by atoms with van der Waals surface area (Å²) >= 11 is 0. The highest BCUT2D eigenvalue weighted by Gasteiger charge is 2.25. The minimum atomic E-state index is 0.220. The van der Waals surface area contributed by atoms with Crippen LogP contribution >= 0.6 is 0 Å². The third-order valence-corrected chi connectivity index (χ3v) is 2.55. The fourth-order valence-electron chi connectivity index (χ4n) is 1.62. The molecule has 1 aromatic rings. The van der Waals surface area contributed by atoms with Crippen molar-refractivity contribution in [3.63, 3.8) is 0 Å². The summed E-state index contributed by atoms with van der Waals surface area (Å²) in [6.07, 6.45) is 1.06. The van der Waals surface area contributed by atoms with Crippen LogP contribution in [-0.4, -0.2) is 33.4 Å². The summed E-state index contributed by atoms with van der Waals surface area (Å²) in [5.41, 5.74) is 5.60. The first-order chi connectivity index (χ1) is 6.29. The second-order valence-electron chi connectivity index (χ2n) is 3.35. The number of nitrogens with two attached hydrogens (primary N) is 1. The number of hydrogen-bond donors (Lipinski definition) is 1. The van der Waals surface area contributed by atoms with Gasteiger partial charge in [0.05, 0.1) is 12.6 Å². The fourth-order valence-corrected chi connectivity index (χ4v) is 1.62. The second kappa shape index (κ2) is 3.29. The molecule has 2 rings (SSSR count). The molecule has 2 unspecified atom stereocenters. The predicted octanol–water partition coefficient (Wildman–Crippen LogP) is -0.147. The molecule has 1 fully saturated rings. The summed E-state index contributed by atoms with van der Waals surface area (Å²) in [5, 5.41) is 11.0. The Morgan fingerprint density at radius 2 is 2.54 bits per heavy atom. The lowest BCUT2D eigenvalue weighted by Crippen LogP contribution is -2.19. The van der Waals surface area contributed by atoms with E-state index in [1.807, 2.05) is 0 Å². The van der Waals surface area contributed by atoms with Crippen molar-refractivity contribution in [3.8, 4) is 0 Å². The van der Waals surface area contributed by atoms with Gasteiger partial charge in [0.25, 0.3) is 0 Å². The molecule has 1 saturated heterocycles. The van der Waals surface area contributed by atoms with Crippen LogP contribution in [0.25, 0.3) is 0 Å². The standard InChI is InChI=1S/C7H13N5O/c1-5(6-2-3-13-4-6)12-7(8)9-10-11-12/h5-6H,2-4H2,1H3,(H2,8,9,11). The van der Waals surface area contributed by atoms with Crippen molar-refractivity contribution in [1.29, 1.82) is 0 Å². The molecule has 2 atom stereocenters. The zero-order chi connectivity index (χ0) is 9.26. The number of hydrogen-bond acceptors (Lipinski definition) is 5. The van der Waals surface area contributed by atoms with Gasteiger partial charge < -0.3 is 10.5 Å². The van der Waals surface area contributed by atoms with E-state index >= 15 is 0 Å². The molecule has 1 aromatic heterocycles. The van der Waals surface area contributed by atoms with Gasteiger partial charge in [-0.1, -0.05) is 5.10 Å². The Morgan fingerprint density at radius 3 is 3.08 bits per heavy atom. The first-order valence-corrected chi connectivity index (χ1v) is 4.40. The molecular formula is C7H13N5O. The van der Waals surface area contributed by atoms with Crippen molar-refractivity contribution in [3.05, 3.63) is 0 Å². The number of nitrogens with zero attached hydrogens (tertiary/aromatic N) is 4. The number of nitrogen functional groups attached to an aromatic ring is 1. The molecule has 0 radical (unpaired) electrons. The Morgan fingerprint density at radius 1 is 1.69 bits per heavy atom. The summed E-state index contributed by atoms with van der Waals surface area (Å²) in [6, 6.07) is 0.220. The van der Waals surface area contributed by atoms with Crippen LogP contribution in [-0.2, 0) is 4.74 Å². The molecule has 6 heteroatoms. The number of tetrazole rings is 1. The highest BCUT2D eigenvalue weighted by Crippen LogP contribution is 2.25. The van der Waals surface area contributed by atoms with Crippen molar-refractivity contribution in [1.82, 2.24) is 20.2 Å². The van der Waals surface area contributed by atoms with Crippen LogP contribution < -0.4 is 5.73 Å². The number of aromatic nitrogens is 4. The van der Waals surface area contributed by atoms with Crippen LogP contribution in [0.15, 0.2) is 0 Å². The van der Waals surface area contributed by atoms with Gasteiger partial charge in [-0.3, -0.25) is 0 Å². The van der Waals surface area contributed by atoms with Gasteiger partial charge in [0.2, 0.25) is 5.95 Å². The summed E-state index contributed by atoms with van der Waals surface area (Å²) < 4.78 is 6.95. The zero-order valence-corrected chi connectivity index (χ0v) is 7.55. The lowest BCUT2D eigenvalue weighted by atomic mass is 10.0. The number of anilines is 1. The third kappa shape index (κ3) is 1.49. The first kappa shape index (κ1) is 8.43. The molecule has 1 aliphatic heterocycles. The van der Waals surface area contributed by atoms with Gasteiger partial charge in [0.1, 0.15) is 0 Å². The van der Waals surface area contributed by atoms with Gasteiger partial charge in [-0.25, -0.2) is 4.68 Å². The summed E-state index contributed by atoms with van der Waals surface area (Å²) in [5.74, 6) is 0.852. The fraction of sp³-hybridized carbons (Fsp3) is 0.857. The maximum Gasteiger partial charge on any atom is 0.240 e. The Hall–Kier alpha value is -1.17. The van der Waals surface area contributed by atoms with Gasteiger partial charge in [-0.2, -0.15) is 0 Å². The normalized spacial score (nSPS) is 24.8. The van der Waals surface area contributed by atoms with E-state index in [0.29, 0.717) is 11.9 Å². The van der Waals surface area contributed by atoms with Crippen molar-refractivity contribution >= 4 is 5.95 Å². The second-order valence-corrected chi connectivity index (χ2v) is 3.35. The minimum Gasteiger partial charge on any atom is -0.381 e. The SMILES string of the molecule is CC(C1CCOC1)n1nnnc1N. The highest BCUT2D eigenvalue weighted by molar-refractivity contribution is 5.11. The van der Waals surface area contributed by atoms with Crippen LogP contribution in [0.1, 0.15) is 19.4 Å². The quantitative estimate of drug-likeness (QED) is 0.690. The first-order valence-electron chi connectivity index (χ1n) is 4.40. The average Bonchev–Trinajstić information content (AvgIpc) is 2.72. The average molecular weight is 183 g/mol. The summed E-state index contributed by atoms with van der Waals surface area (Å²) in [6.45, 7) is 3.67. The van der Waals surface area contributed by atoms with Crippen molar-refractivity contribution in [2.24, 2.45) is 5.92 Å². The Bertz CT molecular complexity index is 280. The van der Waals surface area contributed by atoms with Crippen molar-refractivity contribution in [2.45, 2.75) is 19.4 Å². The Balaban J connectivity index is 2.12. The molecular weight excluding hydrogens is 170 g/mol. The number of ether oxygens (including phenoxy) is 1. The maximum atomic E-state index is 5.60. The Labute approximate surface area is 76.1 Å². The van der Waals surface area contributed by atoms with Crippen LogP contribution in [0.5, 0.6) is 0 Å². The van der Waals surface area contributed by atoms with Gasteiger partial charge in [0, 0.05) is 12.5 Å². The molecule has 0 bridgehead atoms. The van der Waals surface area contributed by atoms with E-state index in [9.17, 15) is 0 Å². The van der Waals surface area contributed by atoms with Crippen molar-refractivity contribution in [2.75, 3.05) is 18.9 Å². The monoisotopic (exact) mass is 183 g/mol. The van der Waals surface area contributed by atoms with E-state index in [0.717, 1.165) is 19.6 Å². The summed E-state index contributed by atoms with van der Waals surface area (Å²) in [7, 11) is 0. The lowest BCUT2D eigenvalue weighted by Gasteiger charge is -2.17. The van der Waals surface area contributed by atoms with Crippen LogP contribution in [0, 0.1) is 5.92 Å². The van der Waals surface area contributed by atoms with Gasteiger partial charge >= 0.3 is 0 Å². The van der Waals surface area contributed by atoms with Crippen LogP contribution in [0.2, 0.25) is 0 Å².